The first kappa shape index (κ1) is 15.2. The highest BCUT2D eigenvalue weighted by Crippen LogP contribution is 2.27. The maximum atomic E-state index is 12.3. The molecule has 3 rings (SSSR count). The van der Waals surface area contributed by atoms with Gasteiger partial charge in [-0.1, -0.05) is 0 Å². The minimum absolute atomic E-state index is 0.0694. The molecule has 3 aromatic rings. The number of nitro groups is 1. The summed E-state index contributed by atoms with van der Waals surface area (Å²) in [6.07, 6.45) is 2.60. The molecule has 2 heterocycles. The van der Waals surface area contributed by atoms with Crippen LogP contribution in [0.4, 0.5) is 5.69 Å². The second-order valence-corrected chi connectivity index (χ2v) is 4.94. The van der Waals surface area contributed by atoms with Crippen molar-refractivity contribution in [3.05, 3.63) is 68.8 Å². The maximum Gasteiger partial charge on any atom is 0.341 e. The second-order valence-electron chi connectivity index (χ2n) is 4.94. The Morgan fingerprint density at radius 3 is 2.71 bits per heavy atom. The van der Waals surface area contributed by atoms with E-state index in [9.17, 15) is 24.8 Å². The standard InChI is InChI=1S/C15H9N3O6/c19-13-10-4-3-9(18(23)24)6-11(10)16-14(20)12(13)17-5-1-2-8(7-17)15(21)22/h1-7H,(H2-,16,19,20,21,22)/p+1. The number of rotatable bonds is 3. The number of nitrogens with one attached hydrogen (secondary N) is 1. The van der Waals surface area contributed by atoms with Gasteiger partial charge in [-0.25, -0.2) is 4.79 Å². The van der Waals surface area contributed by atoms with Crippen LogP contribution in [0.3, 0.4) is 0 Å². The summed E-state index contributed by atoms with van der Waals surface area (Å²) in [7, 11) is 0. The number of carbonyl (C=O) groups is 1. The lowest BCUT2D eigenvalue weighted by Crippen LogP contribution is -2.37. The number of fused-ring (bicyclic) bond motifs is 1. The Kier molecular flexibility index (Phi) is 3.45. The molecule has 0 saturated carbocycles. The van der Waals surface area contributed by atoms with E-state index >= 15 is 0 Å². The first-order valence-corrected chi connectivity index (χ1v) is 6.67. The molecule has 1 aromatic carbocycles. The van der Waals surface area contributed by atoms with E-state index in [1.165, 1.54) is 41.2 Å². The number of nitro benzene ring substituents is 1. The van der Waals surface area contributed by atoms with Crippen LogP contribution in [-0.2, 0) is 0 Å². The van der Waals surface area contributed by atoms with Gasteiger partial charge in [-0.15, -0.1) is 0 Å². The second kappa shape index (κ2) is 5.47. The number of non-ortho nitro benzene ring substituents is 1. The van der Waals surface area contributed by atoms with E-state index in [0.29, 0.717) is 0 Å². The summed E-state index contributed by atoms with van der Waals surface area (Å²) < 4.78 is 1.18. The van der Waals surface area contributed by atoms with E-state index in [4.69, 9.17) is 5.11 Å². The number of aromatic hydroxyl groups is 1. The summed E-state index contributed by atoms with van der Waals surface area (Å²) in [5.41, 5.74) is -1.09. The van der Waals surface area contributed by atoms with Crippen LogP contribution in [0.5, 0.6) is 5.75 Å². The minimum atomic E-state index is -1.18. The Bertz CT molecular complexity index is 1060. The quantitative estimate of drug-likeness (QED) is 0.374. The number of hydrogen-bond acceptors (Lipinski definition) is 5. The number of pyridine rings is 2. The largest absolute Gasteiger partial charge is 0.502 e. The third kappa shape index (κ3) is 2.43. The number of nitrogens with zero attached hydrogens (tertiary/aromatic N) is 2. The number of benzene rings is 1. The van der Waals surface area contributed by atoms with E-state index in [-0.39, 0.29) is 27.8 Å². The van der Waals surface area contributed by atoms with E-state index in [1.807, 2.05) is 0 Å². The highest BCUT2D eigenvalue weighted by Gasteiger charge is 2.23. The first-order valence-electron chi connectivity index (χ1n) is 6.67. The zero-order chi connectivity index (χ0) is 17.4. The van der Waals surface area contributed by atoms with Gasteiger partial charge in [-0.3, -0.25) is 14.9 Å². The van der Waals surface area contributed by atoms with E-state index in [0.717, 1.165) is 6.07 Å². The SMILES string of the molecule is O=C(O)c1ccc[n+](-c2c(O)c3ccc([N+](=O)[O-])cc3[nH]c2=O)c1. The molecule has 0 amide bonds. The number of carboxylic acid groups (broad SMARTS) is 1. The Labute approximate surface area is 133 Å². The normalized spacial score (nSPS) is 10.7. The van der Waals surface area contributed by atoms with Crippen molar-refractivity contribution in [2.75, 3.05) is 0 Å². The molecule has 0 aliphatic carbocycles. The van der Waals surface area contributed by atoms with Crippen molar-refractivity contribution in [3.8, 4) is 11.4 Å². The molecule has 120 valence electrons. The summed E-state index contributed by atoms with van der Waals surface area (Å²) in [6, 6.07) is 6.40. The van der Waals surface area contributed by atoms with Crippen molar-refractivity contribution in [2.45, 2.75) is 0 Å². The van der Waals surface area contributed by atoms with Crippen LogP contribution in [0.25, 0.3) is 16.6 Å². The fourth-order valence-corrected chi connectivity index (χ4v) is 2.35. The highest BCUT2D eigenvalue weighted by molar-refractivity contribution is 5.89. The average Bonchev–Trinajstić information content (AvgIpc) is 2.54. The van der Waals surface area contributed by atoms with Crippen LogP contribution in [0.1, 0.15) is 10.4 Å². The molecule has 0 aliphatic heterocycles. The van der Waals surface area contributed by atoms with Gasteiger partial charge in [0.15, 0.2) is 12.4 Å². The monoisotopic (exact) mass is 328 g/mol. The maximum absolute atomic E-state index is 12.3. The fraction of sp³-hybridized carbons (Fsp3) is 0. The van der Waals surface area contributed by atoms with Gasteiger partial charge in [0.2, 0.25) is 5.75 Å². The molecule has 0 spiro atoms. The molecule has 0 fully saturated rings. The van der Waals surface area contributed by atoms with Crippen molar-refractivity contribution >= 4 is 22.6 Å². The van der Waals surface area contributed by atoms with Crippen LogP contribution < -0.4 is 10.1 Å². The molecule has 0 atom stereocenters. The number of hydrogen-bond donors (Lipinski definition) is 3. The summed E-state index contributed by atoms with van der Waals surface area (Å²) in [5, 5.41) is 30.4. The predicted octanol–water partition coefficient (Wildman–Crippen LogP) is 1.12. The van der Waals surface area contributed by atoms with E-state index in [2.05, 4.69) is 4.98 Å². The number of aromatic carboxylic acids is 1. The molecule has 2 aromatic heterocycles. The number of carboxylic acids is 1. The lowest BCUT2D eigenvalue weighted by molar-refractivity contribution is -0.597. The van der Waals surface area contributed by atoms with Gasteiger partial charge < -0.3 is 15.2 Å². The van der Waals surface area contributed by atoms with Gasteiger partial charge in [0.25, 0.3) is 5.69 Å². The van der Waals surface area contributed by atoms with Crippen molar-refractivity contribution in [2.24, 2.45) is 0 Å². The number of aromatic nitrogens is 2. The van der Waals surface area contributed by atoms with Crippen LogP contribution >= 0.6 is 0 Å². The number of aromatic amines is 1. The summed E-state index contributed by atoms with van der Waals surface area (Å²) in [6.45, 7) is 0. The third-order valence-corrected chi connectivity index (χ3v) is 3.46. The van der Waals surface area contributed by atoms with Crippen LogP contribution in [0.15, 0.2) is 47.5 Å². The van der Waals surface area contributed by atoms with Gasteiger partial charge in [0, 0.05) is 23.6 Å². The smallest absolute Gasteiger partial charge is 0.341 e. The van der Waals surface area contributed by atoms with Gasteiger partial charge in [-0.05, 0) is 12.1 Å². The van der Waals surface area contributed by atoms with Gasteiger partial charge in [0.05, 0.1) is 10.4 Å². The molecular weight excluding hydrogens is 318 g/mol. The van der Waals surface area contributed by atoms with Crippen LogP contribution in [0.2, 0.25) is 0 Å². The minimum Gasteiger partial charge on any atom is -0.502 e. The molecule has 0 radical (unpaired) electrons. The summed E-state index contributed by atoms with van der Waals surface area (Å²) in [5.74, 6) is -1.59. The summed E-state index contributed by atoms with van der Waals surface area (Å²) >= 11 is 0. The molecule has 0 saturated heterocycles. The molecule has 0 bridgehead atoms. The van der Waals surface area contributed by atoms with Gasteiger partial charge in [-0.2, -0.15) is 4.57 Å². The van der Waals surface area contributed by atoms with E-state index < -0.39 is 22.2 Å². The van der Waals surface area contributed by atoms with Crippen molar-refractivity contribution in [3.63, 3.8) is 0 Å². The predicted molar refractivity (Wildman–Crippen MR) is 81.4 cm³/mol. The molecule has 3 N–H and O–H groups in total. The highest BCUT2D eigenvalue weighted by atomic mass is 16.6. The zero-order valence-corrected chi connectivity index (χ0v) is 12.0. The van der Waals surface area contributed by atoms with Crippen LogP contribution in [0, 0.1) is 10.1 Å². The molecular formula is C15H10N3O6+. The van der Waals surface area contributed by atoms with Crippen molar-refractivity contribution in [1.82, 2.24) is 4.98 Å². The van der Waals surface area contributed by atoms with Crippen molar-refractivity contribution < 1.29 is 24.5 Å². The lowest BCUT2D eigenvalue weighted by atomic mass is 10.1. The lowest BCUT2D eigenvalue weighted by Gasteiger charge is -2.04. The zero-order valence-electron chi connectivity index (χ0n) is 12.0. The molecule has 9 heteroatoms. The molecule has 0 aliphatic rings. The first-order chi connectivity index (χ1) is 11.4. The Morgan fingerprint density at radius 1 is 1.29 bits per heavy atom. The fourth-order valence-electron chi connectivity index (χ4n) is 2.35. The Hall–Kier alpha value is -3.75. The number of H-pyrrole nitrogens is 1. The van der Waals surface area contributed by atoms with Crippen LogP contribution in [-0.4, -0.2) is 26.1 Å². The molecule has 9 nitrogen and oxygen atoms in total. The van der Waals surface area contributed by atoms with Gasteiger partial charge in [0.1, 0.15) is 5.56 Å². The molecule has 24 heavy (non-hydrogen) atoms. The molecule has 0 unspecified atom stereocenters. The Morgan fingerprint density at radius 2 is 2.04 bits per heavy atom. The topological polar surface area (TPSA) is 137 Å². The van der Waals surface area contributed by atoms with E-state index in [1.54, 1.807) is 0 Å². The van der Waals surface area contributed by atoms with Gasteiger partial charge >= 0.3 is 17.2 Å². The van der Waals surface area contributed by atoms with Crippen molar-refractivity contribution in [1.29, 1.82) is 0 Å². The summed E-state index contributed by atoms with van der Waals surface area (Å²) in [4.78, 5) is 35.9. The average molecular weight is 328 g/mol. The third-order valence-electron chi connectivity index (χ3n) is 3.46. The Balaban J connectivity index is 2.28.